The van der Waals surface area contributed by atoms with Crippen molar-refractivity contribution in [2.75, 3.05) is 14.2 Å². The maximum atomic E-state index is 11.1. The number of ether oxygens (including phenoxy) is 2. The van der Waals surface area contributed by atoms with Crippen molar-refractivity contribution in [3.8, 4) is 11.5 Å². The van der Waals surface area contributed by atoms with E-state index in [0.717, 1.165) is 0 Å². The third-order valence-corrected chi connectivity index (χ3v) is 3.25. The van der Waals surface area contributed by atoms with E-state index in [-0.39, 0.29) is 17.4 Å². The van der Waals surface area contributed by atoms with E-state index < -0.39 is 19.4 Å². The second-order valence-corrected chi connectivity index (χ2v) is 4.99. The lowest BCUT2D eigenvalue weighted by Crippen LogP contribution is -2.00. The number of nitro benzene ring substituents is 1. The molecule has 0 fully saturated rings. The van der Waals surface area contributed by atoms with E-state index in [2.05, 4.69) is 4.74 Å². The van der Waals surface area contributed by atoms with E-state index in [0.29, 0.717) is 11.3 Å². The molecular weight excluding hydrogens is 285 g/mol. The van der Waals surface area contributed by atoms with Gasteiger partial charge in [-0.25, -0.2) is 4.79 Å². The molecule has 0 aliphatic heterocycles. The summed E-state index contributed by atoms with van der Waals surface area (Å²) in [5, 5.41) is 11.1. The van der Waals surface area contributed by atoms with Crippen molar-refractivity contribution in [2.45, 2.75) is 19.8 Å². The largest absolute Gasteiger partial charge is 0.493 e. The second-order valence-electron chi connectivity index (χ2n) is 4.17. The lowest BCUT2D eigenvalue weighted by molar-refractivity contribution is -0.385. The summed E-state index contributed by atoms with van der Waals surface area (Å²) < 4.78 is 14.8. The van der Waals surface area contributed by atoms with Crippen molar-refractivity contribution >= 4 is 20.2 Å². The first-order valence-corrected chi connectivity index (χ1v) is 6.68. The van der Waals surface area contributed by atoms with Gasteiger partial charge in [-0.2, -0.15) is 0 Å². The number of hydrogen-bond acceptors (Lipinski definition) is 6. The lowest BCUT2D eigenvalue weighted by Gasteiger charge is -2.13. The number of methoxy groups -OCH3 is 2. The molecule has 0 amide bonds. The molecule has 0 spiro atoms. The summed E-state index contributed by atoms with van der Waals surface area (Å²) in [7, 11) is 2.07. The van der Waals surface area contributed by atoms with Crippen LogP contribution in [0.2, 0.25) is 0 Å². The molecule has 0 aliphatic carbocycles. The van der Waals surface area contributed by atoms with Crippen molar-refractivity contribution in [3.63, 3.8) is 0 Å². The van der Waals surface area contributed by atoms with Gasteiger partial charge in [-0.05, 0) is 12.0 Å². The van der Waals surface area contributed by atoms with Gasteiger partial charge in [0, 0.05) is 5.56 Å². The Morgan fingerprint density at radius 1 is 1.30 bits per heavy atom. The van der Waals surface area contributed by atoms with Gasteiger partial charge >= 0.3 is 5.71 Å². The summed E-state index contributed by atoms with van der Waals surface area (Å²) in [6.45, 7) is 3.69. The smallest absolute Gasteiger partial charge is 0.363 e. The van der Waals surface area contributed by atoms with Crippen LogP contribution in [0.15, 0.2) is 12.1 Å². The molecule has 0 aliphatic rings. The number of carbonyl (C=O) groups excluding carboxylic acids is 1. The molecule has 0 N–H and O–H groups in total. The predicted molar refractivity (Wildman–Crippen MR) is 75.1 cm³/mol. The van der Waals surface area contributed by atoms with Crippen molar-refractivity contribution in [3.05, 3.63) is 27.8 Å². The van der Waals surface area contributed by atoms with Gasteiger partial charge in [0.1, 0.15) is 0 Å². The molecule has 0 bridgehead atoms. The van der Waals surface area contributed by atoms with Gasteiger partial charge in [0.2, 0.25) is 0 Å². The van der Waals surface area contributed by atoms with Crippen LogP contribution in [0.3, 0.4) is 0 Å². The van der Waals surface area contributed by atoms with Crippen molar-refractivity contribution in [1.82, 2.24) is 0 Å². The highest BCUT2D eigenvalue weighted by molar-refractivity contribution is 7.52. The Morgan fingerprint density at radius 3 is 2.40 bits per heavy atom. The molecule has 1 rings (SSSR count). The minimum atomic E-state index is -0.600. The van der Waals surface area contributed by atoms with Gasteiger partial charge in [-0.15, -0.1) is 0 Å². The fourth-order valence-electron chi connectivity index (χ4n) is 1.56. The van der Waals surface area contributed by atoms with Crippen LogP contribution in [0.25, 0.3) is 0 Å². The van der Waals surface area contributed by atoms with E-state index in [4.69, 9.17) is 9.26 Å². The monoisotopic (exact) mass is 301 g/mol. The Balaban J connectivity index is 3.19. The third kappa shape index (κ3) is 3.81. The van der Waals surface area contributed by atoms with E-state index in [1.807, 2.05) is 13.8 Å². The lowest BCUT2D eigenvalue weighted by atomic mass is 10.0. The molecule has 8 heteroatoms. The number of hydrogen-bond donors (Lipinski definition) is 0. The Hall–Kier alpha value is -1.88. The van der Waals surface area contributed by atoms with Gasteiger partial charge in [0.05, 0.1) is 25.2 Å². The second kappa shape index (κ2) is 7.05. The molecule has 1 atom stereocenters. The zero-order valence-corrected chi connectivity index (χ0v) is 12.6. The standard InChI is InChI=1S/C12H16NO6P/c1-7(2)8-5-10(17-3)11(6-9(8)13(15)16)19-20-12(14)18-4/h5-7,20H,1-4H3. The molecule has 7 nitrogen and oxygen atoms in total. The first-order chi connectivity index (χ1) is 9.40. The Bertz CT molecular complexity index is 517. The molecule has 0 aromatic heterocycles. The summed E-state index contributed by atoms with van der Waals surface area (Å²) >= 11 is 0. The van der Waals surface area contributed by atoms with Crippen molar-refractivity contribution in [2.24, 2.45) is 0 Å². The van der Waals surface area contributed by atoms with Crippen LogP contribution in [0.5, 0.6) is 11.5 Å². The molecule has 0 saturated carbocycles. The Kier molecular flexibility index (Phi) is 5.70. The zero-order valence-electron chi connectivity index (χ0n) is 11.6. The molecular formula is C12H16NO6P. The van der Waals surface area contributed by atoms with Crippen LogP contribution in [0.4, 0.5) is 10.5 Å². The molecule has 0 radical (unpaired) electrons. The van der Waals surface area contributed by atoms with Crippen LogP contribution in [0, 0.1) is 10.1 Å². The summed E-state index contributed by atoms with van der Waals surface area (Å²) in [6, 6.07) is 2.82. The van der Waals surface area contributed by atoms with E-state index >= 15 is 0 Å². The highest BCUT2D eigenvalue weighted by atomic mass is 31.1. The highest BCUT2D eigenvalue weighted by Gasteiger charge is 2.22. The van der Waals surface area contributed by atoms with Gasteiger partial charge in [-0.1, -0.05) is 13.8 Å². The normalized spacial score (nSPS) is 10.8. The third-order valence-electron chi connectivity index (χ3n) is 2.56. The summed E-state index contributed by atoms with van der Waals surface area (Å²) in [4.78, 5) is 21.7. The molecule has 20 heavy (non-hydrogen) atoms. The minimum absolute atomic E-state index is 0.0404. The van der Waals surface area contributed by atoms with Crippen molar-refractivity contribution in [1.29, 1.82) is 0 Å². The maximum absolute atomic E-state index is 11.1. The van der Waals surface area contributed by atoms with E-state index in [1.54, 1.807) is 6.07 Å². The quantitative estimate of drug-likeness (QED) is 0.454. The summed E-state index contributed by atoms with van der Waals surface area (Å²) in [6.07, 6.45) is 0. The molecule has 0 saturated heterocycles. The topological polar surface area (TPSA) is 87.9 Å². The van der Waals surface area contributed by atoms with Gasteiger partial charge in [0.15, 0.2) is 20.3 Å². The summed E-state index contributed by atoms with van der Waals surface area (Å²) in [5.74, 6) is 0.449. The molecule has 0 heterocycles. The van der Waals surface area contributed by atoms with Crippen molar-refractivity contribution < 1.29 is 23.7 Å². The molecule has 1 aromatic carbocycles. The van der Waals surface area contributed by atoms with E-state index in [1.165, 1.54) is 20.3 Å². The van der Waals surface area contributed by atoms with Gasteiger partial charge < -0.3 is 14.0 Å². The minimum Gasteiger partial charge on any atom is -0.493 e. The fourth-order valence-corrected chi connectivity index (χ4v) is 2.00. The van der Waals surface area contributed by atoms with Crippen LogP contribution in [0.1, 0.15) is 25.3 Å². The first kappa shape index (κ1) is 16.2. The highest BCUT2D eigenvalue weighted by Crippen LogP contribution is 2.40. The SMILES string of the molecule is COC(=O)POc1cc([N+](=O)[O-])c(C(C)C)cc1OC. The number of rotatable bonds is 6. The average Bonchev–Trinajstić information content (AvgIpc) is 2.43. The average molecular weight is 301 g/mol. The molecule has 110 valence electrons. The van der Waals surface area contributed by atoms with Crippen LogP contribution in [-0.2, 0) is 4.74 Å². The van der Waals surface area contributed by atoms with Gasteiger partial charge in [0.25, 0.3) is 5.69 Å². The molecule has 1 aromatic rings. The van der Waals surface area contributed by atoms with E-state index in [9.17, 15) is 14.9 Å². The number of nitro groups is 1. The van der Waals surface area contributed by atoms with Crippen LogP contribution in [-0.4, -0.2) is 24.9 Å². The first-order valence-electron chi connectivity index (χ1n) is 5.77. The Morgan fingerprint density at radius 2 is 1.95 bits per heavy atom. The van der Waals surface area contributed by atoms with Gasteiger partial charge in [-0.3, -0.25) is 10.1 Å². The predicted octanol–water partition coefficient (Wildman–Crippen LogP) is 3.47. The number of carbonyl (C=O) groups is 1. The zero-order chi connectivity index (χ0) is 15.3. The van der Waals surface area contributed by atoms with Crippen LogP contribution < -0.4 is 9.26 Å². The molecule has 1 unspecified atom stereocenters. The Labute approximate surface area is 118 Å². The number of benzene rings is 1. The number of nitrogens with zero attached hydrogens (tertiary/aromatic N) is 1. The summed E-state index contributed by atoms with van der Waals surface area (Å²) in [5.41, 5.74) is -0.0753. The fraction of sp³-hybridized carbons (Fsp3) is 0.417. The van der Waals surface area contributed by atoms with Crippen LogP contribution >= 0.6 is 8.81 Å². The maximum Gasteiger partial charge on any atom is 0.363 e.